The van der Waals surface area contributed by atoms with E-state index in [1.54, 1.807) is 24.3 Å². The predicted molar refractivity (Wildman–Crippen MR) is 143 cm³/mol. The van der Waals surface area contributed by atoms with Crippen LogP contribution in [0.3, 0.4) is 0 Å². The van der Waals surface area contributed by atoms with Crippen molar-refractivity contribution in [2.24, 2.45) is 0 Å². The molecule has 5 rings (SSSR count). The maximum Gasteiger partial charge on any atom is 0.318 e. The number of thiophene rings is 1. The number of likely N-dealkylation sites (N-methyl/N-ethyl adjacent to an activating group) is 1. The molecule has 1 atom stereocenters. The van der Waals surface area contributed by atoms with Crippen molar-refractivity contribution < 1.29 is 22.7 Å². The summed E-state index contributed by atoms with van der Waals surface area (Å²) in [7, 11) is 2.04. The second-order valence-corrected chi connectivity index (χ2v) is 10.0. The molecule has 0 saturated carbocycles. The fourth-order valence-electron chi connectivity index (χ4n) is 4.59. The van der Waals surface area contributed by atoms with E-state index in [9.17, 15) is 13.6 Å². The van der Waals surface area contributed by atoms with E-state index in [1.807, 2.05) is 7.05 Å². The second-order valence-electron chi connectivity index (χ2n) is 9.15. The standard InChI is InChI=1S/C27H26F3N5O2S/c1-15(28)26(36)32-9-8-31-25-20-11-21(29)19(17-6-3-7-18-22(30)14-38-24(17)18)12-23(20)33-27(34-25)37-13-16-5-4-10-35(16)2/h3,6-7,11-12,14,16H,1,4-5,8-10,13H2,2H3,(H,32,36)(H,31,33,34)/t16-/m0/s1. The van der Waals surface area contributed by atoms with Gasteiger partial charge in [-0.3, -0.25) is 4.79 Å². The number of halogens is 3. The van der Waals surface area contributed by atoms with Crippen molar-refractivity contribution in [3.63, 3.8) is 0 Å². The van der Waals surface area contributed by atoms with Crippen LogP contribution in [0.4, 0.5) is 19.0 Å². The van der Waals surface area contributed by atoms with Gasteiger partial charge in [0.1, 0.15) is 24.1 Å². The lowest BCUT2D eigenvalue weighted by atomic mass is 10.0. The largest absolute Gasteiger partial charge is 0.462 e. The maximum atomic E-state index is 15.5. The third kappa shape index (κ3) is 5.30. The number of aromatic nitrogens is 2. The first-order chi connectivity index (χ1) is 18.3. The monoisotopic (exact) mass is 541 g/mol. The van der Waals surface area contributed by atoms with Gasteiger partial charge in [-0.15, -0.1) is 11.3 Å². The normalized spacial score (nSPS) is 15.7. The van der Waals surface area contributed by atoms with Crippen molar-refractivity contribution >= 4 is 44.1 Å². The van der Waals surface area contributed by atoms with Crippen LogP contribution in [0.2, 0.25) is 0 Å². The molecule has 4 aromatic rings. The summed E-state index contributed by atoms with van der Waals surface area (Å²) in [5.41, 5.74) is 1.28. The molecule has 0 bridgehead atoms. The topological polar surface area (TPSA) is 79.4 Å². The molecule has 0 aliphatic carbocycles. The number of hydrogen-bond acceptors (Lipinski definition) is 7. The second kappa shape index (κ2) is 11.0. The number of nitrogens with one attached hydrogen (secondary N) is 2. The SMILES string of the molecule is C=C(F)C(=O)NCCNc1nc(OC[C@@H]2CCCN2C)nc2cc(-c3cccc4c(F)csc34)c(F)cc12. The Labute approximate surface area is 221 Å². The van der Waals surface area contributed by atoms with E-state index in [0.717, 1.165) is 19.4 Å². The van der Waals surface area contributed by atoms with Gasteiger partial charge >= 0.3 is 6.01 Å². The van der Waals surface area contributed by atoms with E-state index in [4.69, 9.17) is 4.74 Å². The third-order valence-electron chi connectivity index (χ3n) is 6.63. The van der Waals surface area contributed by atoms with Gasteiger partial charge in [0.2, 0.25) is 0 Å². The van der Waals surface area contributed by atoms with Gasteiger partial charge in [-0.05, 0) is 38.6 Å². The number of rotatable bonds is 9. The van der Waals surface area contributed by atoms with Crippen LogP contribution in [0.25, 0.3) is 32.1 Å². The number of nitrogens with zero attached hydrogens (tertiary/aromatic N) is 3. The lowest BCUT2D eigenvalue weighted by Crippen LogP contribution is -2.31. The van der Waals surface area contributed by atoms with E-state index in [1.165, 1.54) is 22.8 Å². The van der Waals surface area contributed by atoms with E-state index in [-0.39, 0.29) is 36.5 Å². The van der Waals surface area contributed by atoms with Gasteiger partial charge in [0.15, 0.2) is 5.83 Å². The number of fused-ring (bicyclic) bond motifs is 2. The van der Waals surface area contributed by atoms with Gasteiger partial charge in [-0.2, -0.15) is 9.97 Å². The molecule has 1 amide bonds. The van der Waals surface area contributed by atoms with Crippen LogP contribution >= 0.6 is 11.3 Å². The molecule has 2 aromatic carbocycles. The Morgan fingerprint density at radius 1 is 1.18 bits per heavy atom. The van der Waals surface area contributed by atoms with E-state index < -0.39 is 17.6 Å². The molecule has 0 unspecified atom stereocenters. The van der Waals surface area contributed by atoms with Crippen LogP contribution in [-0.4, -0.2) is 60.1 Å². The van der Waals surface area contributed by atoms with Crippen LogP contribution < -0.4 is 15.4 Å². The van der Waals surface area contributed by atoms with E-state index >= 15 is 4.39 Å². The number of likely N-dealkylation sites (tertiary alicyclic amines) is 1. The Morgan fingerprint density at radius 3 is 2.79 bits per heavy atom. The van der Waals surface area contributed by atoms with Gasteiger partial charge < -0.3 is 20.3 Å². The number of benzene rings is 2. The summed E-state index contributed by atoms with van der Waals surface area (Å²) in [5.74, 6) is -2.55. The lowest BCUT2D eigenvalue weighted by molar-refractivity contribution is -0.118. The van der Waals surface area contributed by atoms with Crippen LogP contribution in [-0.2, 0) is 4.79 Å². The number of amides is 1. The first-order valence-corrected chi connectivity index (χ1v) is 13.1. The van der Waals surface area contributed by atoms with E-state index in [0.29, 0.717) is 39.0 Å². The molecule has 38 heavy (non-hydrogen) atoms. The van der Waals surface area contributed by atoms with Gasteiger partial charge in [-0.25, -0.2) is 13.2 Å². The summed E-state index contributed by atoms with van der Waals surface area (Å²) in [6.45, 7) is 4.63. The molecular weight excluding hydrogens is 515 g/mol. The maximum absolute atomic E-state index is 15.5. The average Bonchev–Trinajstić information content (AvgIpc) is 3.49. The summed E-state index contributed by atoms with van der Waals surface area (Å²) >= 11 is 1.21. The molecule has 1 fully saturated rings. The van der Waals surface area contributed by atoms with Crippen LogP contribution in [0.5, 0.6) is 6.01 Å². The summed E-state index contributed by atoms with van der Waals surface area (Å²) in [4.78, 5) is 22.7. The van der Waals surface area contributed by atoms with Crippen molar-refractivity contribution in [1.82, 2.24) is 20.2 Å². The zero-order valence-electron chi connectivity index (χ0n) is 20.7. The predicted octanol–water partition coefficient (Wildman–Crippen LogP) is 5.27. The molecule has 2 N–H and O–H groups in total. The highest BCUT2D eigenvalue weighted by Crippen LogP contribution is 2.38. The smallest absolute Gasteiger partial charge is 0.318 e. The third-order valence-corrected chi connectivity index (χ3v) is 7.63. The van der Waals surface area contributed by atoms with Crippen molar-refractivity contribution in [2.45, 2.75) is 18.9 Å². The average molecular weight is 542 g/mol. The Morgan fingerprint density at radius 2 is 2.03 bits per heavy atom. The minimum Gasteiger partial charge on any atom is -0.462 e. The van der Waals surface area contributed by atoms with Crippen molar-refractivity contribution in [1.29, 1.82) is 0 Å². The summed E-state index contributed by atoms with van der Waals surface area (Å²) < 4.78 is 49.2. The summed E-state index contributed by atoms with van der Waals surface area (Å²) in [6.07, 6.45) is 2.09. The fraction of sp³-hybridized carbons (Fsp3) is 0.296. The highest BCUT2D eigenvalue weighted by atomic mass is 32.1. The van der Waals surface area contributed by atoms with Crippen LogP contribution in [0.1, 0.15) is 12.8 Å². The van der Waals surface area contributed by atoms with Crippen molar-refractivity contribution in [3.8, 4) is 17.1 Å². The number of hydrogen-bond donors (Lipinski definition) is 2. The molecule has 1 aliphatic heterocycles. The van der Waals surface area contributed by atoms with Crippen LogP contribution in [0, 0.1) is 11.6 Å². The highest BCUT2D eigenvalue weighted by molar-refractivity contribution is 7.17. The number of anilines is 1. The molecular formula is C27H26F3N5O2S. The number of ether oxygens (including phenoxy) is 1. The zero-order valence-corrected chi connectivity index (χ0v) is 21.5. The molecule has 1 aliphatic rings. The minimum absolute atomic E-state index is 0.0861. The van der Waals surface area contributed by atoms with Crippen molar-refractivity contribution in [2.75, 3.05) is 38.6 Å². The Bertz CT molecular complexity index is 1530. The first-order valence-electron chi connectivity index (χ1n) is 12.2. The highest BCUT2D eigenvalue weighted by Gasteiger charge is 2.23. The number of carbonyl (C=O) groups is 1. The Kier molecular flexibility index (Phi) is 7.48. The first kappa shape index (κ1) is 25.9. The Balaban J connectivity index is 1.50. The van der Waals surface area contributed by atoms with Crippen molar-refractivity contribution in [3.05, 3.63) is 59.8 Å². The minimum atomic E-state index is -1.08. The quantitative estimate of drug-likeness (QED) is 0.222. The van der Waals surface area contributed by atoms with E-state index in [2.05, 4.69) is 32.1 Å². The lowest BCUT2D eigenvalue weighted by Gasteiger charge is -2.19. The fourth-order valence-corrected chi connectivity index (χ4v) is 5.53. The van der Waals surface area contributed by atoms with Gasteiger partial charge in [-0.1, -0.05) is 24.8 Å². The molecule has 0 spiro atoms. The van der Waals surface area contributed by atoms with Crippen LogP contribution in [0.15, 0.2) is 48.1 Å². The molecule has 3 heterocycles. The molecule has 1 saturated heterocycles. The zero-order chi connectivity index (χ0) is 26.8. The number of carbonyl (C=O) groups excluding carboxylic acids is 1. The van der Waals surface area contributed by atoms with Gasteiger partial charge in [0.05, 0.1) is 5.52 Å². The van der Waals surface area contributed by atoms with Gasteiger partial charge in [0.25, 0.3) is 5.91 Å². The molecule has 0 radical (unpaired) electrons. The molecule has 198 valence electrons. The summed E-state index contributed by atoms with van der Waals surface area (Å²) in [5, 5.41) is 7.68. The molecule has 2 aromatic heterocycles. The Hall–Kier alpha value is -3.70. The molecule has 11 heteroatoms. The molecule has 7 nitrogen and oxygen atoms in total. The van der Waals surface area contributed by atoms with Gasteiger partial charge in [0, 0.05) is 51.1 Å². The summed E-state index contributed by atoms with van der Waals surface area (Å²) in [6, 6.07) is 8.40.